The number of hydrogen-bond acceptors (Lipinski definition) is 5. The summed E-state index contributed by atoms with van der Waals surface area (Å²) >= 11 is 0. The standard InChI is InChI=1S/C12H23NO4/c1-6-7-8-13-9(10(14)16-5)11(15)17-12(2,3)4/h9,13H,6-8H2,1-5H3. The molecule has 5 nitrogen and oxygen atoms in total. The van der Waals surface area contributed by atoms with Crippen molar-refractivity contribution in [1.29, 1.82) is 0 Å². The van der Waals surface area contributed by atoms with Crippen molar-refractivity contribution in [1.82, 2.24) is 5.32 Å². The summed E-state index contributed by atoms with van der Waals surface area (Å²) in [5.41, 5.74) is -0.615. The second kappa shape index (κ2) is 7.27. The summed E-state index contributed by atoms with van der Waals surface area (Å²) in [7, 11) is 1.25. The number of hydrogen-bond donors (Lipinski definition) is 1. The van der Waals surface area contributed by atoms with Crippen molar-refractivity contribution in [2.24, 2.45) is 0 Å². The maximum Gasteiger partial charge on any atom is 0.335 e. The summed E-state index contributed by atoms with van der Waals surface area (Å²) < 4.78 is 9.73. The zero-order chi connectivity index (χ0) is 13.5. The lowest BCUT2D eigenvalue weighted by molar-refractivity contribution is -0.164. The van der Waals surface area contributed by atoms with Gasteiger partial charge in [-0.25, -0.2) is 9.59 Å². The number of unbranched alkanes of at least 4 members (excludes halogenated alkanes) is 1. The van der Waals surface area contributed by atoms with Gasteiger partial charge in [-0.05, 0) is 33.7 Å². The minimum absolute atomic E-state index is 0.579. The third kappa shape index (κ3) is 6.94. The predicted molar refractivity (Wildman–Crippen MR) is 64.6 cm³/mol. The molecule has 0 spiro atoms. The van der Waals surface area contributed by atoms with E-state index in [-0.39, 0.29) is 0 Å². The van der Waals surface area contributed by atoms with Gasteiger partial charge in [-0.15, -0.1) is 0 Å². The molecule has 5 heteroatoms. The van der Waals surface area contributed by atoms with Gasteiger partial charge in [0, 0.05) is 0 Å². The molecule has 17 heavy (non-hydrogen) atoms. The Labute approximate surface area is 103 Å². The first-order valence-corrected chi connectivity index (χ1v) is 5.86. The lowest BCUT2D eigenvalue weighted by Crippen LogP contribution is -2.47. The van der Waals surface area contributed by atoms with Gasteiger partial charge in [0.25, 0.3) is 0 Å². The molecule has 0 heterocycles. The van der Waals surface area contributed by atoms with E-state index in [2.05, 4.69) is 10.1 Å². The van der Waals surface area contributed by atoms with E-state index in [4.69, 9.17) is 4.74 Å². The van der Waals surface area contributed by atoms with E-state index in [1.54, 1.807) is 20.8 Å². The topological polar surface area (TPSA) is 64.6 Å². The third-order valence-corrected chi connectivity index (χ3v) is 1.96. The second-order valence-electron chi connectivity index (χ2n) is 4.80. The highest BCUT2D eigenvalue weighted by molar-refractivity contribution is 5.99. The number of methoxy groups -OCH3 is 1. The van der Waals surface area contributed by atoms with Crippen LogP contribution in [-0.4, -0.2) is 37.2 Å². The van der Waals surface area contributed by atoms with Crippen LogP contribution in [0.1, 0.15) is 40.5 Å². The molecule has 0 aliphatic carbocycles. The molecule has 0 aromatic heterocycles. The maximum atomic E-state index is 11.8. The van der Waals surface area contributed by atoms with Crippen molar-refractivity contribution in [3.05, 3.63) is 0 Å². The summed E-state index contributed by atoms with van der Waals surface area (Å²) in [5.74, 6) is -1.21. The maximum absolute atomic E-state index is 11.8. The van der Waals surface area contributed by atoms with Crippen molar-refractivity contribution in [2.45, 2.75) is 52.2 Å². The van der Waals surface area contributed by atoms with Crippen molar-refractivity contribution in [3.63, 3.8) is 0 Å². The van der Waals surface area contributed by atoms with Crippen LogP contribution in [0, 0.1) is 0 Å². The molecule has 0 aliphatic heterocycles. The Kier molecular flexibility index (Phi) is 6.80. The minimum Gasteiger partial charge on any atom is -0.467 e. The molecule has 0 bridgehead atoms. The number of carbonyl (C=O) groups is 2. The summed E-state index contributed by atoms with van der Waals surface area (Å²) in [5, 5.41) is 2.84. The first-order chi connectivity index (χ1) is 7.81. The van der Waals surface area contributed by atoms with Crippen molar-refractivity contribution >= 4 is 11.9 Å². The number of ether oxygens (including phenoxy) is 2. The van der Waals surface area contributed by atoms with Crippen LogP contribution < -0.4 is 5.32 Å². The van der Waals surface area contributed by atoms with E-state index in [9.17, 15) is 9.59 Å². The zero-order valence-electron chi connectivity index (χ0n) is 11.3. The van der Waals surface area contributed by atoms with Gasteiger partial charge < -0.3 is 9.47 Å². The molecule has 1 N–H and O–H groups in total. The van der Waals surface area contributed by atoms with Crippen molar-refractivity contribution in [3.8, 4) is 0 Å². The number of nitrogens with one attached hydrogen (secondary N) is 1. The fourth-order valence-electron chi connectivity index (χ4n) is 1.16. The van der Waals surface area contributed by atoms with Crippen LogP contribution in [-0.2, 0) is 19.1 Å². The van der Waals surface area contributed by atoms with E-state index in [1.165, 1.54) is 7.11 Å². The van der Waals surface area contributed by atoms with Crippen LogP contribution in [0.4, 0.5) is 0 Å². The van der Waals surface area contributed by atoms with Gasteiger partial charge in [-0.2, -0.15) is 0 Å². The number of rotatable bonds is 6. The molecule has 0 fully saturated rings. The molecule has 0 saturated heterocycles. The van der Waals surface area contributed by atoms with Crippen LogP contribution >= 0.6 is 0 Å². The normalized spacial score (nSPS) is 13.0. The lowest BCUT2D eigenvalue weighted by Gasteiger charge is -2.23. The zero-order valence-corrected chi connectivity index (χ0v) is 11.3. The Morgan fingerprint density at radius 1 is 1.24 bits per heavy atom. The smallest absolute Gasteiger partial charge is 0.335 e. The third-order valence-electron chi connectivity index (χ3n) is 1.96. The average Bonchev–Trinajstić information content (AvgIpc) is 2.20. The highest BCUT2D eigenvalue weighted by atomic mass is 16.6. The SMILES string of the molecule is CCCCNC(C(=O)OC)C(=O)OC(C)(C)C. The van der Waals surface area contributed by atoms with Gasteiger partial charge in [0.05, 0.1) is 7.11 Å². The van der Waals surface area contributed by atoms with Crippen molar-refractivity contribution < 1.29 is 19.1 Å². The molecule has 1 unspecified atom stereocenters. The lowest BCUT2D eigenvalue weighted by atomic mass is 10.2. The molecule has 0 aromatic rings. The van der Waals surface area contributed by atoms with E-state index in [1.807, 2.05) is 6.92 Å². The molecular formula is C12H23NO4. The highest BCUT2D eigenvalue weighted by Crippen LogP contribution is 2.09. The first kappa shape index (κ1) is 15.9. The van der Waals surface area contributed by atoms with Crippen LogP contribution in [0.15, 0.2) is 0 Å². The molecule has 0 aliphatic rings. The van der Waals surface area contributed by atoms with Crippen LogP contribution in [0.2, 0.25) is 0 Å². The average molecular weight is 245 g/mol. The Balaban J connectivity index is 4.46. The summed E-state index contributed by atoms with van der Waals surface area (Å²) in [6, 6.07) is -1.04. The monoisotopic (exact) mass is 245 g/mol. The van der Waals surface area contributed by atoms with Gasteiger partial charge in [-0.3, -0.25) is 5.32 Å². The fraction of sp³-hybridized carbons (Fsp3) is 0.833. The summed E-state index contributed by atoms with van der Waals surface area (Å²) in [6.45, 7) is 7.87. The molecule has 0 radical (unpaired) electrons. The molecule has 0 amide bonds. The quantitative estimate of drug-likeness (QED) is 0.433. The Morgan fingerprint density at radius 3 is 2.24 bits per heavy atom. The Morgan fingerprint density at radius 2 is 1.82 bits per heavy atom. The Hall–Kier alpha value is -1.10. The molecule has 0 aromatic carbocycles. The van der Waals surface area contributed by atoms with Gasteiger partial charge in [0.15, 0.2) is 0 Å². The molecular weight excluding hydrogens is 222 g/mol. The van der Waals surface area contributed by atoms with Crippen molar-refractivity contribution in [2.75, 3.05) is 13.7 Å². The minimum atomic E-state index is -1.04. The number of esters is 2. The van der Waals surface area contributed by atoms with Crippen LogP contribution in [0.3, 0.4) is 0 Å². The highest BCUT2D eigenvalue weighted by Gasteiger charge is 2.31. The van der Waals surface area contributed by atoms with Gasteiger partial charge in [0.2, 0.25) is 6.04 Å². The first-order valence-electron chi connectivity index (χ1n) is 5.86. The second-order valence-corrected chi connectivity index (χ2v) is 4.80. The van der Waals surface area contributed by atoms with Gasteiger partial charge in [-0.1, -0.05) is 13.3 Å². The fourth-order valence-corrected chi connectivity index (χ4v) is 1.16. The molecule has 100 valence electrons. The number of carbonyl (C=O) groups excluding carboxylic acids is 2. The van der Waals surface area contributed by atoms with E-state index >= 15 is 0 Å². The predicted octanol–water partition coefficient (Wildman–Crippen LogP) is 1.26. The summed E-state index contributed by atoms with van der Waals surface area (Å²) in [4.78, 5) is 23.2. The van der Waals surface area contributed by atoms with Gasteiger partial charge in [0.1, 0.15) is 5.60 Å². The van der Waals surface area contributed by atoms with E-state index < -0.39 is 23.6 Å². The van der Waals surface area contributed by atoms with E-state index in [0.717, 1.165) is 12.8 Å². The van der Waals surface area contributed by atoms with Crippen LogP contribution in [0.25, 0.3) is 0 Å². The Bertz CT molecular complexity index is 258. The van der Waals surface area contributed by atoms with Gasteiger partial charge >= 0.3 is 11.9 Å². The molecule has 0 saturated carbocycles. The van der Waals surface area contributed by atoms with Crippen LogP contribution in [0.5, 0.6) is 0 Å². The molecule has 1 atom stereocenters. The largest absolute Gasteiger partial charge is 0.467 e. The molecule has 0 rings (SSSR count). The van der Waals surface area contributed by atoms with E-state index in [0.29, 0.717) is 6.54 Å². The summed E-state index contributed by atoms with van der Waals surface area (Å²) in [6.07, 6.45) is 1.87.